The van der Waals surface area contributed by atoms with Crippen LogP contribution in [0.5, 0.6) is 0 Å². The molecule has 0 unspecified atom stereocenters. The molecule has 4 nitrogen and oxygen atoms in total. The zero-order valence-corrected chi connectivity index (χ0v) is 28.3. The van der Waals surface area contributed by atoms with Crippen LogP contribution in [0.25, 0.3) is 88.5 Å². The molecule has 0 spiro atoms. The van der Waals surface area contributed by atoms with Crippen LogP contribution < -0.4 is 0 Å². The molecule has 0 amide bonds. The zero-order chi connectivity index (χ0) is 33.8. The molecule has 11 rings (SSSR count). The van der Waals surface area contributed by atoms with Crippen LogP contribution in [-0.4, -0.2) is 19.1 Å². The minimum atomic E-state index is -0.247. The Morgan fingerprint density at radius 1 is 0.490 bits per heavy atom. The van der Waals surface area contributed by atoms with Gasteiger partial charge < -0.3 is 4.57 Å². The number of aromatic nitrogens is 4. The summed E-state index contributed by atoms with van der Waals surface area (Å²) in [6.07, 6.45) is 0. The topological polar surface area (TPSA) is 35.6 Å². The van der Waals surface area contributed by atoms with Crippen molar-refractivity contribution in [3.05, 3.63) is 169 Å². The Morgan fingerprint density at radius 3 is 1.82 bits per heavy atom. The molecule has 0 saturated carbocycles. The van der Waals surface area contributed by atoms with E-state index in [2.05, 4.69) is 181 Å². The summed E-state index contributed by atoms with van der Waals surface area (Å²) in [6.45, 7) is 4.79. The molecular weight excluding hydrogens is 621 g/mol. The molecule has 7 aromatic carbocycles. The molecule has 3 heterocycles. The van der Waals surface area contributed by atoms with Crippen molar-refractivity contribution in [1.82, 2.24) is 19.1 Å². The van der Waals surface area contributed by atoms with Crippen LogP contribution >= 0.6 is 0 Å². The summed E-state index contributed by atoms with van der Waals surface area (Å²) in [5, 5.41) is 6.00. The SMILES string of the molecule is CC1(C)c2ccccc2-c2c1c1c3ccccc3n(-c3nc(-c4ccccc4)c4ccccc4n3)c1c1c2c2ccccc2n1-c1ccccc1. The van der Waals surface area contributed by atoms with E-state index >= 15 is 0 Å². The number of rotatable bonds is 3. The Balaban J connectivity index is 1.44. The standard InChI is InChI=1S/C47H32N4/c1-47(2)35-25-13-9-21-31(35)39-40-33-23-11-15-27-37(33)50(30-19-7-4-8-20-30)44(40)45-41(42(39)47)34-24-12-16-28-38(34)51(45)46-48-36-26-14-10-22-32(36)43(49-46)29-17-5-3-6-18-29/h3-28H,1-2H3. The Labute approximate surface area is 294 Å². The van der Waals surface area contributed by atoms with Crippen LogP contribution in [0.4, 0.5) is 0 Å². The maximum absolute atomic E-state index is 5.49. The third-order valence-corrected chi connectivity index (χ3v) is 11.1. The summed E-state index contributed by atoms with van der Waals surface area (Å²) in [5.41, 5.74) is 13.7. The van der Waals surface area contributed by atoms with Crippen molar-refractivity contribution in [2.24, 2.45) is 0 Å². The molecular formula is C47H32N4. The van der Waals surface area contributed by atoms with Crippen LogP contribution in [0.15, 0.2) is 158 Å². The van der Waals surface area contributed by atoms with Gasteiger partial charge in [-0.1, -0.05) is 141 Å². The van der Waals surface area contributed by atoms with Crippen molar-refractivity contribution in [3.8, 4) is 34.0 Å². The maximum Gasteiger partial charge on any atom is 0.235 e. The number of hydrogen-bond donors (Lipinski definition) is 0. The first kappa shape index (κ1) is 28.3. The van der Waals surface area contributed by atoms with Crippen molar-refractivity contribution >= 4 is 54.5 Å². The molecule has 0 N–H and O–H groups in total. The fourth-order valence-corrected chi connectivity index (χ4v) is 8.99. The fraction of sp³-hybridized carbons (Fsp3) is 0.0638. The van der Waals surface area contributed by atoms with Gasteiger partial charge in [-0.25, -0.2) is 9.97 Å². The molecule has 0 saturated heterocycles. The fourth-order valence-electron chi connectivity index (χ4n) is 8.99. The first-order valence-electron chi connectivity index (χ1n) is 17.6. The molecule has 4 heteroatoms. The van der Waals surface area contributed by atoms with Gasteiger partial charge in [-0.2, -0.15) is 0 Å². The first-order chi connectivity index (χ1) is 25.1. The van der Waals surface area contributed by atoms with E-state index in [-0.39, 0.29) is 5.41 Å². The van der Waals surface area contributed by atoms with E-state index < -0.39 is 0 Å². The summed E-state index contributed by atoms with van der Waals surface area (Å²) < 4.78 is 4.82. The van der Waals surface area contributed by atoms with Crippen LogP contribution in [0.3, 0.4) is 0 Å². The molecule has 0 atom stereocenters. The molecule has 0 bridgehead atoms. The van der Waals surface area contributed by atoms with E-state index in [1.165, 1.54) is 49.3 Å². The van der Waals surface area contributed by atoms with Gasteiger partial charge in [0, 0.05) is 43.6 Å². The van der Waals surface area contributed by atoms with Gasteiger partial charge in [0.1, 0.15) is 0 Å². The quantitative estimate of drug-likeness (QED) is 0.190. The van der Waals surface area contributed by atoms with E-state index in [0.717, 1.165) is 44.4 Å². The molecule has 0 radical (unpaired) electrons. The average Bonchev–Trinajstić information content (AvgIpc) is 3.79. The molecule has 0 aliphatic heterocycles. The normalized spacial score (nSPS) is 13.5. The lowest BCUT2D eigenvalue weighted by molar-refractivity contribution is 0.667. The van der Waals surface area contributed by atoms with Crippen molar-refractivity contribution in [1.29, 1.82) is 0 Å². The Bertz CT molecular complexity index is 3040. The second-order valence-electron chi connectivity index (χ2n) is 14.2. The van der Waals surface area contributed by atoms with Crippen molar-refractivity contribution in [2.45, 2.75) is 19.3 Å². The molecule has 240 valence electrons. The zero-order valence-electron chi connectivity index (χ0n) is 28.3. The Kier molecular flexibility index (Phi) is 5.70. The van der Waals surface area contributed by atoms with Gasteiger partial charge in [0.2, 0.25) is 5.95 Å². The summed E-state index contributed by atoms with van der Waals surface area (Å²) in [5.74, 6) is 0.665. The number of benzene rings is 7. The molecule has 10 aromatic rings. The average molecular weight is 653 g/mol. The van der Waals surface area contributed by atoms with E-state index in [1.54, 1.807) is 0 Å². The van der Waals surface area contributed by atoms with Crippen LogP contribution in [0.1, 0.15) is 25.0 Å². The van der Waals surface area contributed by atoms with Crippen molar-refractivity contribution in [2.75, 3.05) is 0 Å². The molecule has 51 heavy (non-hydrogen) atoms. The molecule has 1 aliphatic rings. The maximum atomic E-state index is 5.49. The van der Waals surface area contributed by atoms with E-state index in [4.69, 9.17) is 9.97 Å². The minimum Gasteiger partial charge on any atom is -0.307 e. The largest absolute Gasteiger partial charge is 0.307 e. The van der Waals surface area contributed by atoms with E-state index in [0.29, 0.717) is 5.95 Å². The third kappa shape index (κ3) is 3.74. The van der Waals surface area contributed by atoms with Crippen LogP contribution in [-0.2, 0) is 5.41 Å². The summed E-state index contributed by atoms with van der Waals surface area (Å²) in [4.78, 5) is 10.9. The summed E-state index contributed by atoms with van der Waals surface area (Å²) >= 11 is 0. The smallest absolute Gasteiger partial charge is 0.235 e. The lowest BCUT2D eigenvalue weighted by Gasteiger charge is -2.23. The van der Waals surface area contributed by atoms with Gasteiger partial charge >= 0.3 is 0 Å². The monoisotopic (exact) mass is 652 g/mol. The lowest BCUT2D eigenvalue weighted by Crippen LogP contribution is -2.15. The predicted octanol–water partition coefficient (Wildman–Crippen LogP) is 11.8. The Hall–Kier alpha value is -6.52. The first-order valence-corrected chi connectivity index (χ1v) is 17.6. The van der Waals surface area contributed by atoms with Gasteiger partial charge in [-0.05, 0) is 52.6 Å². The van der Waals surface area contributed by atoms with Gasteiger partial charge in [0.15, 0.2) is 0 Å². The second-order valence-corrected chi connectivity index (χ2v) is 14.2. The third-order valence-electron chi connectivity index (χ3n) is 11.1. The highest BCUT2D eigenvalue weighted by molar-refractivity contribution is 6.31. The van der Waals surface area contributed by atoms with Crippen LogP contribution in [0.2, 0.25) is 0 Å². The highest BCUT2D eigenvalue weighted by atomic mass is 15.2. The number of hydrogen-bond acceptors (Lipinski definition) is 2. The van der Waals surface area contributed by atoms with Crippen LogP contribution in [0, 0.1) is 0 Å². The van der Waals surface area contributed by atoms with Gasteiger partial charge in [0.05, 0.1) is 33.3 Å². The van der Waals surface area contributed by atoms with Gasteiger partial charge in [-0.3, -0.25) is 4.57 Å². The molecule has 3 aromatic heterocycles. The number of para-hydroxylation sites is 4. The number of nitrogens with zero attached hydrogens (tertiary/aromatic N) is 4. The molecule has 0 fully saturated rings. The highest BCUT2D eigenvalue weighted by Crippen LogP contribution is 2.58. The van der Waals surface area contributed by atoms with Gasteiger partial charge in [0.25, 0.3) is 0 Å². The van der Waals surface area contributed by atoms with Gasteiger partial charge in [-0.15, -0.1) is 0 Å². The summed E-state index contributed by atoms with van der Waals surface area (Å²) in [6, 6.07) is 56.4. The second kappa shape index (κ2) is 10.3. The van der Waals surface area contributed by atoms with E-state index in [1.807, 2.05) is 0 Å². The lowest BCUT2D eigenvalue weighted by atomic mass is 9.80. The number of fused-ring (bicyclic) bond motifs is 13. The van der Waals surface area contributed by atoms with Crippen molar-refractivity contribution < 1.29 is 0 Å². The summed E-state index contributed by atoms with van der Waals surface area (Å²) in [7, 11) is 0. The minimum absolute atomic E-state index is 0.247. The predicted molar refractivity (Wildman–Crippen MR) is 211 cm³/mol. The highest BCUT2D eigenvalue weighted by Gasteiger charge is 2.41. The van der Waals surface area contributed by atoms with Crippen molar-refractivity contribution in [3.63, 3.8) is 0 Å². The van der Waals surface area contributed by atoms with E-state index in [9.17, 15) is 0 Å². The molecule has 1 aliphatic carbocycles. The Morgan fingerprint density at radius 2 is 1.06 bits per heavy atom.